The van der Waals surface area contributed by atoms with Crippen LogP contribution in [-0.2, 0) is 11.3 Å². The molecule has 1 amide bonds. The monoisotopic (exact) mass is 404 g/mol. The molecule has 1 aromatic carbocycles. The summed E-state index contributed by atoms with van der Waals surface area (Å²) in [6, 6.07) is 5.37. The van der Waals surface area contributed by atoms with E-state index in [-0.39, 0.29) is 11.7 Å². The highest BCUT2D eigenvalue weighted by Crippen LogP contribution is 2.26. The lowest BCUT2D eigenvalue weighted by atomic mass is 10.0. The largest absolute Gasteiger partial charge is 0.348 e. The zero-order chi connectivity index (χ0) is 20.1. The number of rotatable bonds is 7. The van der Waals surface area contributed by atoms with Crippen LogP contribution in [0.4, 0.5) is 15.2 Å². The lowest BCUT2D eigenvalue weighted by Crippen LogP contribution is -2.44. The molecule has 1 aromatic heterocycles. The van der Waals surface area contributed by atoms with Gasteiger partial charge in [-0.1, -0.05) is 13.8 Å². The van der Waals surface area contributed by atoms with Gasteiger partial charge in [0.15, 0.2) is 5.13 Å². The Kier molecular flexibility index (Phi) is 7.02. The summed E-state index contributed by atoms with van der Waals surface area (Å²) in [5.74, 6) is -0.171. The fourth-order valence-corrected chi connectivity index (χ4v) is 4.36. The van der Waals surface area contributed by atoms with Crippen LogP contribution in [0.1, 0.15) is 45.2 Å². The first-order chi connectivity index (χ1) is 13.4. The lowest BCUT2D eigenvalue weighted by Gasteiger charge is -2.27. The van der Waals surface area contributed by atoms with E-state index in [1.165, 1.54) is 31.4 Å². The summed E-state index contributed by atoms with van der Waals surface area (Å²) in [6.45, 7) is 6.49. The molecule has 2 heterocycles. The molecule has 1 aliphatic rings. The topological polar surface area (TPSA) is 62.5 Å². The van der Waals surface area contributed by atoms with Crippen LogP contribution in [0.5, 0.6) is 0 Å². The van der Waals surface area contributed by atoms with Crippen molar-refractivity contribution in [3.05, 3.63) is 41.2 Å². The van der Waals surface area contributed by atoms with Crippen molar-refractivity contribution in [2.75, 3.05) is 22.9 Å². The standard InChI is InChI=1S/C21H29FN4OS/c1-15(2)12-19(23)20(27)26(18-8-6-16(22)7-9-18)13-17-14-28-21(24-17)25-10-4-3-5-11-25/h6-9,14-15,19H,3-5,10-13,23H2,1-2H3. The minimum Gasteiger partial charge on any atom is -0.348 e. The molecule has 5 nitrogen and oxygen atoms in total. The zero-order valence-corrected chi connectivity index (χ0v) is 17.4. The molecule has 7 heteroatoms. The number of benzene rings is 1. The number of thiazole rings is 1. The number of aromatic nitrogens is 1. The maximum atomic E-state index is 13.4. The van der Waals surface area contributed by atoms with Crippen LogP contribution in [-0.4, -0.2) is 30.0 Å². The Morgan fingerprint density at radius 2 is 1.93 bits per heavy atom. The van der Waals surface area contributed by atoms with E-state index in [0.29, 0.717) is 24.6 Å². The second-order valence-electron chi connectivity index (χ2n) is 7.81. The number of hydrogen-bond donors (Lipinski definition) is 1. The molecule has 0 bridgehead atoms. The molecule has 0 radical (unpaired) electrons. The van der Waals surface area contributed by atoms with Crippen LogP contribution >= 0.6 is 11.3 Å². The van der Waals surface area contributed by atoms with Gasteiger partial charge in [0.1, 0.15) is 5.82 Å². The summed E-state index contributed by atoms with van der Waals surface area (Å²) < 4.78 is 13.4. The Bertz CT molecular complexity index is 771. The van der Waals surface area contributed by atoms with Gasteiger partial charge in [0.05, 0.1) is 18.3 Å². The summed E-state index contributed by atoms with van der Waals surface area (Å²) in [5.41, 5.74) is 7.64. The Labute approximate surface area is 170 Å². The minimum atomic E-state index is -0.592. The molecule has 3 rings (SSSR count). The van der Waals surface area contributed by atoms with Gasteiger partial charge >= 0.3 is 0 Å². The molecule has 1 saturated heterocycles. The number of halogens is 1. The van der Waals surface area contributed by atoms with Crippen LogP contribution in [0.15, 0.2) is 29.6 Å². The summed E-state index contributed by atoms with van der Waals surface area (Å²) in [4.78, 5) is 21.7. The van der Waals surface area contributed by atoms with Crippen LogP contribution in [0, 0.1) is 11.7 Å². The number of piperidine rings is 1. The van der Waals surface area contributed by atoms with Gasteiger partial charge in [-0.15, -0.1) is 11.3 Å². The number of nitrogens with zero attached hydrogens (tertiary/aromatic N) is 3. The Balaban J connectivity index is 1.79. The molecular weight excluding hydrogens is 375 g/mol. The normalized spacial score (nSPS) is 15.7. The average molecular weight is 405 g/mol. The molecular formula is C21H29FN4OS. The highest BCUT2D eigenvalue weighted by Gasteiger charge is 2.25. The van der Waals surface area contributed by atoms with Crippen molar-refractivity contribution in [3.63, 3.8) is 0 Å². The van der Waals surface area contributed by atoms with Crippen molar-refractivity contribution in [2.45, 2.75) is 52.1 Å². The van der Waals surface area contributed by atoms with Gasteiger partial charge in [-0.3, -0.25) is 4.79 Å². The quantitative estimate of drug-likeness (QED) is 0.752. The van der Waals surface area contributed by atoms with Crippen LogP contribution < -0.4 is 15.5 Å². The van der Waals surface area contributed by atoms with Crippen LogP contribution in [0.3, 0.4) is 0 Å². The van der Waals surface area contributed by atoms with Gasteiger partial charge in [-0.25, -0.2) is 9.37 Å². The molecule has 0 spiro atoms. The zero-order valence-electron chi connectivity index (χ0n) is 16.6. The third kappa shape index (κ3) is 5.29. The van der Waals surface area contributed by atoms with Crippen molar-refractivity contribution < 1.29 is 9.18 Å². The lowest BCUT2D eigenvalue weighted by molar-refractivity contribution is -0.120. The predicted octanol–water partition coefficient (Wildman–Crippen LogP) is 4.18. The second kappa shape index (κ2) is 9.47. The first kappa shape index (κ1) is 20.7. The third-order valence-electron chi connectivity index (χ3n) is 4.93. The third-order valence-corrected chi connectivity index (χ3v) is 5.88. The van der Waals surface area contributed by atoms with E-state index in [9.17, 15) is 9.18 Å². The molecule has 0 saturated carbocycles. The second-order valence-corrected chi connectivity index (χ2v) is 8.64. The molecule has 1 atom stereocenters. The molecule has 1 fully saturated rings. The van der Waals surface area contributed by atoms with Gasteiger partial charge < -0.3 is 15.5 Å². The van der Waals surface area contributed by atoms with E-state index in [4.69, 9.17) is 10.7 Å². The number of amides is 1. The maximum absolute atomic E-state index is 13.4. The van der Waals surface area contributed by atoms with Crippen molar-refractivity contribution >= 4 is 28.1 Å². The first-order valence-corrected chi connectivity index (χ1v) is 10.8. The van der Waals surface area contributed by atoms with Crippen molar-refractivity contribution in [2.24, 2.45) is 11.7 Å². The number of nitrogens with two attached hydrogens (primary N) is 1. The van der Waals surface area contributed by atoms with E-state index < -0.39 is 6.04 Å². The Morgan fingerprint density at radius 1 is 1.25 bits per heavy atom. The summed E-state index contributed by atoms with van der Waals surface area (Å²) in [6.07, 6.45) is 4.26. The number of carbonyl (C=O) groups excluding carboxylic acids is 1. The molecule has 2 aromatic rings. The fourth-order valence-electron chi connectivity index (χ4n) is 3.49. The number of carbonyl (C=O) groups is 1. The minimum absolute atomic E-state index is 0.159. The van der Waals surface area contributed by atoms with Gasteiger partial charge in [0, 0.05) is 24.2 Å². The van der Waals surface area contributed by atoms with E-state index in [1.807, 2.05) is 19.2 Å². The summed E-state index contributed by atoms with van der Waals surface area (Å²) in [5, 5.41) is 3.01. The molecule has 28 heavy (non-hydrogen) atoms. The van der Waals surface area contributed by atoms with E-state index in [0.717, 1.165) is 23.9 Å². The average Bonchev–Trinajstić information content (AvgIpc) is 3.15. The van der Waals surface area contributed by atoms with Gasteiger partial charge in [-0.05, 0) is 55.9 Å². The van der Waals surface area contributed by atoms with E-state index >= 15 is 0 Å². The van der Waals surface area contributed by atoms with E-state index in [2.05, 4.69) is 4.90 Å². The van der Waals surface area contributed by atoms with Gasteiger partial charge in [-0.2, -0.15) is 0 Å². The fraction of sp³-hybridized carbons (Fsp3) is 0.524. The first-order valence-electron chi connectivity index (χ1n) is 9.96. The van der Waals surface area contributed by atoms with Crippen molar-refractivity contribution in [1.29, 1.82) is 0 Å². The van der Waals surface area contributed by atoms with Gasteiger partial charge in [0.2, 0.25) is 5.91 Å². The predicted molar refractivity (Wildman–Crippen MR) is 113 cm³/mol. The molecule has 1 aliphatic heterocycles. The van der Waals surface area contributed by atoms with Crippen LogP contribution in [0.2, 0.25) is 0 Å². The highest BCUT2D eigenvalue weighted by molar-refractivity contribution is 7.13. The molecule has 2 N–H and O–H groups in total. The maximum Gasteiger partial charge on any atom is 0.244 e. The Morgan fingerprint density at radius 3 is 2.57 bits per heavy atom. The smallest absolute Gasteiger partial charge is 0.244 e. The highest BCUT2D eigenvalue weighted by atomic mass is 32.1. The van der Waals surface area contributed by atoms with Crippen molar-refractivity contribution in [3.8, 4) is 0 Å². The Hall–Kier alpha value is -1.99. The number of hydrogen-bond acceptors (Lipinski definition) is 5. The summed E-state index contributed by atoms with van der Waals surface area (Å²) >= 11 is 1.61. The van der Waals surface area contributed by atoms with Gasteiger partial charge in [0.25, 0.3) is 0 Å². The summed E-state index contributed by atoms with van der Waals surface area (Å²) in [7, 11) is 0. The molecule has 152 valence electrons. The van der Waals surface area contributed by atoms with E-state index in [1.54, 1.807) is 28.4 Å². The SMILES string of the molecule is CC(C)CC(N)C(=O)N(Cc1csc(N2CCCCC2)n1)c1ccc(F)cc1. The van der Waals surface area contributed by atoms with Crippen molar-refractivity contribution in [1.82, 2.24) is 4.98 Å². The van der Waals surface area contributed by atoms with Crippen LogP contribution in [0.25, 0.3) is 0 Å². The number of anilines is 2. The molecule has 0 aliphatic carbocycles. The molecule has 1 unspecified atom stereocenters.